The van der Waals surface area contributed by atoms with E-state index in [0.29, 0.717) is 22.4 Å². The van der Waals surface area contributed by atoms with Gasteiger partial charge in [-0.15, -0.1) is 0 Å². The number of esters is 1. The van der Waals surface area contributed by atoms with Gasteiger partial charge in [0.25, 0.3) is 0 Å². The predicted molar refractivity (Wildman–Crippen MR) is 202 cm³/mol. The third-order valence-electron chi connectivity index (χ3n) is 8.98. The molecule has 3 aromatic rings. The van der Waals surface area contributed by atoms with Crippen LogP contribution in [-0.2, 0) is 22.6 Å². The van der Waals surface area contributed by atoms with Gasteiger partial charge in [0.2, 0.25) is 0 Å². The van der Waals surface area contributed by atoms with Crippen molar-refractivity contribution in [1.29, 1.82) is 0 Å². The lowest BCUT2D eigenvalue weighted by atomic mass is 9.87. The van der Waals surface area contributed by atoms with Crippen LogP contribution in [0.3, 0.4) is 0 Å². The molecule has 13 heteroatoms. The average molecular weight is 743 g/mol. The normalized spacial score (nSPS) is 16.9. The van der Waals surface area contributed by atoms with E-state index in [9.17, 15) is 22.8 Å². The number of benzene rings is 1. The third kappa shape index (κ3) is 14.0. The standard InChI is InChI=1S/C40H57F3N6O4/c1-38(2,3)52-36(50)30-25-45-48(27-30)22-13-11-9-8-10-12-16-29-26-47(7)23-20-33(29)46-34-18-14-19-35-32(34)24-31(49(35)28-40(41,42)43)17-15-21-44-37(51)53-39(4,5)6/h14,18-19,24-25,27,29,33,46H,8-13,16,20-23,26,28H2,1-7H3,(H,44,51). The van der Waals surface area contributed by atoms with Gasteiger partial charge in [0.1, 0.15) is 17.7 Å². The van der Waals surface area contributed by atoms with Crippen molar-refractivity contribution in [2.75, 3.05) is 32.0 Å². The molecule has 2 atom stereocenters. The largest absolute Gasteiger partial charge is 0.456 e. The molecular weight excluding hydrogens is 685 g/mol. The Labute approximate surface area is 312 Å². The van der Waals surface area contributed by atoms with Crippen LogP contribution in [0.5, 0.6) is 0 Å². The predicted octanol–water partition coefficient (Wildman–Crippen LogP) is 8.39. The SMILES string of the molecule is CN1CCC(Nc2cccc3c2cc(C#CCNC(=O)OC(C)(C)C)n3CC(F)(F)F)C(CCCCCCCCn2cc(C(=O)OC(C)(C)C)cn2)C1. The molecule has 1 aromatic carbocycles. The van der Waals surface area contributed by atoms with Gasteiger partial charge in [0, 0.05) is 36.4 Å². The number of aromatic nitrogens is 3. The Morgan fingerprint density at radius 2 is 1.68 bits per heavy atom. The number of ether oxygens (including phenoxy) is 2. The van der Waals surface area contributed by atoms with E-state index in [1.165, 1.54) is 4.57 Å². The minimum Gasteiger partial charge on any atom is -0.456 e. The molecule has 53 heavy (non-hydrogen) atoms. The number of likely N-dealkylation sites (tertiary alicyclic amines) is 1. The highest BCUT2D eigenvalue weighted by Crippen LogP contribution is 2.33. The molecule has 1 fully saturated rings. The first-order valence-corrected chi connectivity index (χ1v) is 18.7. The zero-order chi connectivity index (χ0) is 38.8. The van der Waals surface area contributed by atoms with E-state index in [4.69, 9.17) is 9.47 Å². The molecule has 1 aliphatic rings. The van der Waals surface area contributed by atoms with E-state index in [0.717, 1.165) is 76.7 Å². The third-order valence-corrected chi connectivity index (χ3v) is 8.98. The van der Waals surface area contributed by atoms with Crippen LogP contribution < -0.4 is 10.6 Å². The van der Waals surface area contributed by atoms with E-state index in [1.807, 2.05) is 26.8 Å². The Morgan fingerprint density at radius 1 is 0.981 bits per heavy atom. The van der Waals surface area contributed by atoms with E-state index >= 15 is 0 Å². The Hall–Kier alpha value is -4.18. The number of hydrogen-bond acceptors (Lipinski definition) is 7. The average Bonchev–Trinajstić information content (AvgIpc) is 3.65. The molecular formula is C40H57F3N6O4. The van der Waals surface area contributed by atoms with Crippen molar-refractivity contribution in [2.45, 2.75) is 129 Å². The smallest absolute Gasteiger partial charge is 0.408 e. The summed E-state index contributed by atoms with van der Waals surface area (Å²) in [5.74, 6) is 5.68. The second-order valence-electron chi connectivity index (χ2n) is 16.1. The van der Waals surface area contributed by atoms with Gasteiger partial charge in [-0.05, 0) is 104 Å². The summed E-state index contributed by atoms with van der Waals surface area (Å²) in [6.45, 7) is 12.2. The van der Waals surface area contributed by atoms with E-state index < -0.39 is 30.0 Å². The summed E-state index contributed by atoms with van der Waals surface area (Å²) in [5.41, 5.74) is 0.742. The maximum atomic E-state index is 13.7. The van der Waals surface area contributed by atoms with Gasteiger partial charge in [-0.3, -0.25) is 4.68 Å². The van der Waals surface area contributed by atoms with Crippen molar-refractivity contribution < 1.29 is 32.2 Å². The molecule has 10 nitrogen and oxygen atoms in total. The van der Waals surface area contributed by atoms with Crippen LogP contribution in [-0.4, -0.2) is 81.4 Å². The number of carbonyl (C=O) groups excluding carboxylic acids is 2. The summed E-state index contributed by atoms with van der Waals surface area (Å²) in [6, 6.07) is 7.31. The molecule has 2 unspecified atom stereocenters. The number of alkyl halides is 3. The number of alkyl carbamates (subject to hydrolysis) is 1. The van der Waals surface area contributed by atoms with Crippen molar-refractivity contribution in [3.63, 3.8) is 0 Å². The quantitative estimate of drug-likeness (QED) is 0.0972. The summed E-state index contributed by atoms with van der Waals surface area (Å²) in [4.78, 5) is 26.6. The van der Waals surface area contributed by atoms with Gasteiger partial charge in [-0.25, -0.2) is 9.59 Å². The molecule has 1 aliphatic heterocycles. The molecule has 1 saturated heterocycles. The molecule has 0 spiro atoms. The molecule has 0 bridgehead atoms. The van der Waals surface area contributed by atoms with Crippen molar-refractivity contribution in [1.82, 2.24) is 24.6 Å². The minimum absolute atomic E-state index is 0.0613. The second-order valence-corrected chi connectivity index (χ2v) is 16.1. The number of anilines is 1. The molecule has 1 amide bonds. The number of amides is 1. The Bertz CT molecular complexity index is 1720. The first-order valence-electron chi connectivity index (χ1n) is 18.7. The van der Waals surface area contributed by atoms with Crippen molar-refractivity contribution >= 4 is 28.7 Å². The van der Waals surface area contributed by atoms with Crippen LogP contribution in [0.2, 0.25) is 0 Å². The van der Waals surface area contributed by atoms with Crippen LogP contribution in [0.25, 0.3) is 10.9 Å². The maximum absolute atomic E-state index is 13.7. The van der Waals surface area contributed by atoms with E-state index in [2.05, 4.69) is 39.5 Å². The number of piperidine rings is 1. The lowest BCUT2D eigenvalue weighted by Gasteiger charge is -2.38. The molecule has 292 valence electrons. The fourth-order valence-electron chi connectivity index (χ4n) is 6.64. The number of fused-ring (bicyclic) bond motifs is 1. The summed E-state index contributed by atoms with van der Waals surface area (Å²) in [7, 11) is 2.14. The van der Waals surface area contributed by atoms with Crippen molar-refractivity contribution in [2.24, 2.45) is 5.92 Å². The topological polar surface area (TPSA) is 103 Å². The first kappa shape index (κ1) is 41.6. The number of hydrogen-bond donors (Lipinski definition) is 2. The van der Waals surface area contributed by atoms with Crippen LogP contribution in [0.1, 0.15) is 109 Å². The number of nitrogens with zero attached hydrogens (tertiary/aromatic N) is 4. The van der Waals surface area contributed by atoms with Crippen LogP contribution >= 0.6 is 0 Å². The van der Waals surface area contributed by atoms with Gasteiger partial charge in [0.15, 0.2) is 0 Å². The summed E-state index contributed by atoms with van der Waals surface area (Å²) < 4.78 is 54.8. The summed E-state index contributed by atoms with van der Waals surface area (Å²) in [5, 5.41) is 11.3. The minimum atomic E-state index is -4.44. The van der Waals surface area contributed by atoms with Crippen molar-refractivity contribution in [3.05, 3.63) is 47.9 Å². The lowest BCUT2D eigenvalue weighted by Crippen LogP contribution is -2.44. The number of aryl methyl sites for hydroxylation is 1. The summed E-state index contributed by atoms with van der Waals surface area (Å²) >= 11 is 0. The number of carbonyl (C=O) groups is 2. The van der Waals surface area contributed by atoms with Gasteiger partial charge in [0.05, 0.1) is 29.5 Å². The maximum Gasteiger partial charge on any atom is 0.408 e. The molecule has 0 saturated carbocycles. The Morgan fingerprint density at radius 3 is 2.38 bits per heavy atom. The van der Waals surface area contributed by atoms with Gasteiger partial charge in [-0.2, -0.15) is 18.3 Å². The fraction of sp³-hybridized carbons (Fsp3) is 0.625. The van der Waals surface area contributed by atoms with Crippen molar-refractivity contribution in [3.8, 4) is 11.8 Å². The number of halogens is 3. The molecule has 2 N–H and O–H groups in total. The van der Waals surface area contributed by atoms with Crippen LogP contribution in [0.4, 0.5) is 23.7 Å². The van der Waals surface area contributed by atoms with Gasteiger partial charge < -0.3 is 29.6 Å². The number of nitrogens with one attached hydrogen (secondary N) is 2. The highest BCUT2D eigenvalue weighted by atomic mass is 19.4. The molecule has 0 radical (unpaired) electrons. The first-order chi connectivity index (χ1) is 24.9. The molecule has 0 aliphatic carbocycles. The van der Waals surface area contributed by atoms with Gasteiger partial charge in [-0.1, -0.05) is 44.1 Å². The number of rotatable bonds is 14. The highest BCUT2D eigenvalue weighted by molar-refractivity contribution is 5.94. The van der Waals surface area contributed by atoms with E-state index in [1.54, 1.807) is 56.0 Å². The zero-order valence-corrected chi connectivity index (χ0v) is 32.4. The van der Waals surface area contributed by atoms with Crippen LogP contribution in [0.15, 0.2) is 36.7 Å². The van der Waals surface area contributed by atoms with E-state index in [-0.39, 0.29) is 24.2 Å². The molecule has 3 heterocycles. The van der Waals surface area contributed by atoms with Crippen LogP contribution in [0, 0.1) is 17.8 Å². The zero-order valence-electron chi connectivity index (χ0n) is 32.4. The Balaban J connectivity index is 1.31. The second kappa shape index (κ2) is 18.2. The highest BCUT2D eigenvalue weighted by Gasteiger charge is 2.31. The van der Waals surface area contributed by atoms with Gasteiger partial charge >= 0.3 is 18.2 Å². The fourth-order valence-corrected chi connectivity index (χ4v) is 6.64. The summed E-state index contributed by atoms with van der Waals surface area (Å²) in [6.07, 6.45) is 6.83. The molecule has 4 rings (SSSR count). The number of unbranched alkanes of at least 4 members (excludes halogenated alkanes) is 5. The molecule has 2 aromatic heterocycles. The Kier molecular flexibility index (Phi) is 14.3. The lowest BCUT2D eigenvalue weighted by molar-refractivity contribution is -0.140. The monoisotopic (exact) mass is 742 g/mol.